The van der Waals surface area contributed by atoms with Gasteiger partial charge in [0.1, 0.15) is 5.15 Å². The minimum absolute atomic E-state index is 0.132. The van der Waals surface area contributed by atoms with E-state index in [4.69, 9.17) is 16.7 Å². The first kappa shape index (κ1) is 8.13. The first-order valence-corrected chi connectivity index (χ1v) is 4.07. The number of hydrogen-bond acceptors (Lipinski definition) is 1. The van der Waals surface area contributed by atoms with Crippen LogP contribution in [0.3, 0.4) is 0 Å². The molecule has 13 heavy (non-hydrogen) atoms. The van der Waals surface area contributed by atoms with Gasteiger partial charge in [0.05, 0.1) is 5.56 Å². The number of aromatic nitrogens is 1. The van der Waals surface area contributed by atoms with Crippen LogP contribution in [0.1, 0.15) is 10.4 Å². The first-order chi connectivity index (χ1) is 6.20. The summed E-state index contributed by atoms with van der Waals surface area (Å²) in [6.45, 7) is 0. The van der Waals surface area contributed by atoms with Crippen molar-refractivity contribution in [3.05, 3.63) is 41.2 Å². The van der Waals surface area contributed by atoms with E-state index < -0.39 is 5.97 Å². The van der Waals surface area contributed by atoms with Crippen molar-refractivity contribution in [1.82, 2.24) is 4.40 Å². The van der Waals surface area contributed by atoms with E-state index in [0.717, 1.165) is 5.52 Å². The fourth-order valence-electron chi connectivity index (χ4n) is 1.24. The topological polar surface area (TPSA) is 41.7 Å². The van der Waals surface area contributed by atoms with Gasteiger partial charge >= 0.3 is 5.97 Å². The summed E-state index contributed by atoms with van der Waals surface area (Å²) >= 11 is 5.83. The van der Waals surface area contributed by atoms with Crippen LogP contribution in [-0.4, -0.2) is 15.5 Å². The zero-order chi connectivity index (χ0) is 9.42. The summed E-state index contributed by atoms with van der Waals surface area (Å²) in [7, 11) is 0. The Morgan fingerprint density at radius 2 is 2.23 bits per heavy atom. The number of carboxylic acid groups (broad SMARTS) is 1. The summed E-state index contributed by atoms with van der Waals surface area (Å²) in [5, 5.41) is 9.01. The summed E-state index contributed by atoms with van der Waals surface area (Å²) < 4.78 is 1.63. The van der Waals surface area contributed by atoms with E-state index in [1.54, 1.807) is 28.8 Å². The number of pyridine rings is 1. The van der Waals surface area contributed by atoms with Crippen LogP contribution in [0.15, 0.2) is 30.5 Å². The third-order valence-electron chi connectivity index (χ3n) is 1.85. The molecule has 0 saturated carbocycles. The van der Waals surface area contributed by atoms with Crippen LogP contribution in [0.2, 0.25) is 5.15 Å². The van der Waals surface area contributed by atoms with Crippen molar-refractivity contribution >= 4 is 23.1 Å². The fraction of sp³-hybridized carbons (Fsp3) is 0. The van der Waals surface area contributed by atoms with Gasteiger partial charge in [-0.05, 0) is 18.2 Å². The molecule has 0 aliphatic carbocycles. The molecule has 0 aliphatic heterocycles. The van der Waals surface area contributed by atoms with Gasteiger partial charge < -0.3 is 9.51 Å². The van der Waals surface area contributed by atoms with Crippen LogP contribution in [0, 0.1) is 0 Å². The van der Waals surface area contributed by atoms with Gasteiger partial charge in [0.15, 0.2) is 0 Å². The highest BCUT2D eigenvalue weighted by Gasteiger charge is 2.12. The SMILES string of the molecule is O=C(O)c1cc2ccccn2c1Cl. The number of halogens is 1. The maximum Gasteiger partial charge on any atom is 0.338 e. The molecule has 0 atom stereocenters. The Hall–Kier alpha value is -1.48. The second-order valence-corrected chi connectivity index (χ2v) is 3.01. The van der Waals surface area contributed by atoms with E-state index in [9.17, 15) is 4.79 Å². The normalized spacial score (nSPS) is 10.5. The number of hydrogen-bond donors (Lipinski definition) is 1. The second kappa shape index (κ2) is 2.78. The monoisotopic (exact) mass is 195 g/mol. The van der Waals surface area contributed by atoms with Crippen molar-refractivity contribution in [3.63, 3.8) is 0 Å². The molecule has 0 spiro atoms. The minimum atomic E-state index is -1.01. The summed E-state index contributed by atoms with van der Waals surface area (Å²) in [5.74, 6) is -1.01. The number of carboxylic acids is 1. The minimum Gasteiger partial charge on any atom is -0.478 e. The lowest BCUT2D eigenvalue weighted by Crippen LogP contribution is -1.94. The molecule has 2 aromatic heterocycles. The number of aromatic carboxylic acids is 1. The highest BCUT2D eigenvalue weighted by molar-refractivity contribution is 6.33. The van der Waals surface area contributed by atoms with Crippen LogP contribution >= 0.6 is 11.6 Å². The fourth-order valence-corrected chi connectivity index (χ4v) is 1.53. The van der Waals surface area contributed by atoms with E-state index in [0.29, 0.717) is 0 Å². The van der Waals surface area contributed by atoms with Crippen molar-refractivity contribution in [2.24, 2.45) is 0 Å². The average Bonchev–Trinajstić information content (AvgIpc) is 2.45. The first-order valence-electron chi connectivity index (χ1n) is 3.69. The number of carbonyl (C=O) groups is 1. The van der Waals surface area contributed by atoms with Crippen LogP contribution in [0.25, 0.3) is 5.52 Å². The Morgan fingerprint density at radius 1 is 1.46 bits per heavy atom. The van der Waals surface area contributed by atoms with Crippen molar-refractivity contribution < 1.29 is 9.90 Å². The third-order valence-corrected chi connectivity index (χ3v) is 2.23. The number of rotatable bonds is 1. The van der Waals surface area contributed by atoms with Gasteiger partial charge in [-0.3, -0.25) is 0 Å². The molecule has 2 rings (SSSR count). The molecule has 1 N–H and O–H groups in total. The van der Waals surface area contributed by atoms with Gasteiger partial charge in [-0.15, -0.1) is 0 Å². The van der Waals surface area contributed by atoms with Gasteiger partial charge in [0.2, 0.25) is 0 Å². The van der Waals surface area contributed by atoms with Crippen molar-refractivity contribution in [3.8, 4) is 0 Å². The van der Waals surface area contributed by atoms with Gasteiger partial charge in [-0.25, -0.2) is 4.79 Å². The molecule has 0 aromatic carbocycles. The Morgan fingerprint density at radius 3 is 2.85 bits per heavy atom. The molecular formula is C9H6ClNO2. The molecule has 2 aromatic rings. The molecule has 0 bridgehead atoms. The lowest BCUT2D eigenvalue weighted by molar-refractivity contribution is 0.0697. The van der Waals surface area contributed by atoms with Crippen molar-refractivity contribution in [2.75, 3.05) is 0 Å². The molecule has 3 nitrogen and oxygen atoms in total. The highest BCUT2D eigenvalue weighted by atomic mass is 35.5. The van der Waals surface area contributed by atoms with Crippen LogP contribution in [0.5, 0.6) is 0 Å². The third kappa shape index (κ3) is 1.17. The van der Waals surface area contributed by atoms with Crippen molar-refractivity contribution in [1.29, 1.82) is 0 Å². The van der Waals surface area contributed by atoms with E-state index >= 15 is 0 Å². The van der Waals surface area contributed by atoms with Crippen molar-refractivity contribution in [2.45, 2.75) is 0 Å². The average molecular weight is 196 g/mol. The second-order valence-electron chi connectivity index (χ2n) is 2.65. The number of fused-ring (bicyclic) bond motifs is 1. The molecule has 2 heterocycles. The molecule has 0 aliphatic rings. The predicted octanol–water partition coefficient (Wildman–Crippen LogP) is 2.29. The highest BCUT2D eigenvalue weighted by Crippen LogP contribution is 2.21. The van der Waals surface area contributed by atoms with Gasteiger partial charge in [0, 0.05) is 11.7 Å². The maximum absolute atomic E-state index is 10.7. The van der Waals surface area contributed by atoms with E-state index in [1.165, 1.54) is 0 Å². The molecule has 0 radical (unpaired) electrons. The molecule has 4 heteroatoms. The van der Waals surface area contributed by atoms with E-state index in [1.807, 2.05) is 6.07 Å². The summed E-state index contributed by atoms with van der Waals surface area (Å²) in [4.78, 5) is 10.7. The molecule has 0 amide bonds. The predicted molar refractivity (Wildman–Crippen MR) is 49.4 cm³/mol. The Kier molecular flexibility index (Phi) is 1.74. The van der Waals surface area contributed by atoms with E-state index in [-0.39, 0.29) is 10.7 Å². The van der Waals surface area contributed by atoms with Crippen LogP contribution < -0.4 is 0 Å². The Labute approximate surface area is 79.2 Å². The Bertz CT molecular complexity index is 475. The zero-order valence-electron chi connectivity index (χ0n) is 6.57. The molecule has 0 saturated heterocycles. The molecule has 66 valence electrons. The van der Waals surface area contributed by atoms with Gasteiger partial charge in [0.25, 0.3) is 0 Å². The quantitative estimate of drug-likeness (QED) is 0.759. The van der Waals surface area contributed by atoms with Crippen LogP contribution in [-0.2, 0) is 0 Å². The van der Waals surface area contributed by atoms with Gasteiger partial charge in [-0.1, -0.05) is 17.7 Å². The zero-order valence-corrected chi connectivity index (χ0v) is 7.32. The van der Waals surface area contributed by atoms with Crippen LogP contribution in [0.4, 0.5) is 0 Å². The smallest absolute Gasteiger partial charge is 0.338 e. The standard InChI is InChI=1S/C9H6ClNO2/c10-8-7(9(12)13)5-6-3-1-2-4-11(6)8/h1-5H,(H,12,13). The Balaban J connectivity index is 2.81. The van der Waals surface area contributed by atoms with Gasteiger partial charge in [-0.2, -0.15) is 0 Å². The lowest BCUT2D eigenvalue weighted by atomic mass is 10.3. The maximum atomic E-state index is 10.7. The van der Waals surface area contributed by atoms with E-state index in [2.05, 4.69) is 0 Å². The summed E-state index contributed by atoms with van der Waals surface area (Å²) in [6.07, 6.45) is 1.73. The number of nitrogens with zero attached hydrogens (tertiary/aromatic N) is 1. The molecule has 0 fully saturated rings. The largest absolute Gasteiger partial charge is 0.478 e. The lowest BCUT2D eigenvalue weighted by Gasteiger charge is -1.93. The summed E-state index contributed by atoms with van der Waals surface area (Å²) in [5.41, 5.74) is 0.915. The summed E-state index contributed by atoms with van der Waals surface area (Å²) in [6, 6.07) is 6.98. The molecular weight excluding hydrogens is 190 g/mol. The molecule has 0 unspecified atom stereocenters.